The summed E-state index contributed by atoms with van der Waals surface area (Å²) in [7, 11) is 1.53. The van der Waals surface area contributed by atoms with Crippen LogP contribution in [0.25, 0.3) is 22.6 Å². The maximum Gasteiger partial charge on any atom is 0.433 e. The zero-order chi connectivity index (χ0) is 22.7. The van der Waals surface area contributed by atoms with E-state index in [2.05, 4.69) is 19.9 Å². The van der Waals surface area contributed by atoms with Crippen LogP contribution in [0.15, 0.2) is 61.1 Å². The zero-order valence-corrected chi connectivity index (χ0v) is 17.4. The van der Waals surface area contributed by atoms with Crippen LogP contribution in [-0.4, -0.2) is 27.0 Å². The molecule has 3 heterocycles. The highest BCUT2D eigenvalue weighted by Gasteiger charge is 2.32. The molecule has 164 valence electrons. The third kappa shape index (κ3) is 4.83. The molecule has 0 aliphatic carbocycles. The van der Waals surface area contributed by atoms with Gasteiger partial charge in [0.25, 0.3) is 0 Å². The number of hydrogen-bond acceptors (Lipinski definition) is 5. The number of methoxy groups -OCH3 is 1. The molecule has 6 nitrogen and oxygen atoms in total. The Balaban J connectivity index is 1.49. The minimum absolute atomic E-state index is 0.0593. The number of rotatable bonds is 6. The molecule has 0 aliphatic heterocycles. The molecule has 1 N–H and O–H groups in total. The average molecular weight is 461 g/mol. The minimum Gasteiger partial charge on any atom is -0.496 e. The van der Waals surface area contributed by atoms with Gasteiger partial charge in [0, 0.05) is 41.3 Å². The normalized spacial score (nSPS) is 11.4. The van der Waals surface area contributed by atoms with Crippen molar-refractivity contribution >= 4 is 11.6 Å². The van der Waals surface area contributed by atoms with Crippen LogP contribution in [0, 0.1) is 0 Å². The Hall–Kier alpha value is -3.59. The number of H-pyrrole nitrogens is 1. The van der Waals surface area contributed by atoms with E-state index in [-0.39, 0.29) is 6.61 Å². The second-order valence-electron chi connectivity index (χ2n) is 6.70. The quantitative estimate of drug-likeness (QED) is 0.368. The highest BCUT2D eigenvalue weighted by Crippen LogP contribution is 2.34. The van der Waals surface area contributed by atoms with E-state index in [0.717, 1.165) is 23.4 Å². The SMILES string of the molecule is COc1cc(OCc2ccc(C(F)(F)F)nc2)ccc1-c1c[nH]c(-c2ccc(Cl)nc2)n1. The van der Waals surface area contributed by atoms with Gasteiger partial charge in [0.15, 0.2) is 0 Å². The molecule has 0 saturated heterocycles. The van der Waals surface area contributed by atoms with Gasteiger partial charge in [0.05, 0.1) is 12.8 Å². The Morgan fingerprint density at radius 3 is 2.53 bits per heavy atom. The van der Waals surface area contributed by atoms with Crippen molar-refractivity contribution in [2.75, 3.05) is 7.11 Å². The van der Waals surface area contributed by atoms with Crippen LogP contribution >= 0.6 is 11.6 Å². The summed E-state index contributed by atoms with van der Waals surface area (Å²) >= 11 is 5.83. The summed E-state index contributed by atoms with van der Waals surface area (Å²) in [6.07, 6.45) is 0.0372. The summed E-state index contributed by atoms with van der Waals surface area (Å²) in [6.45, 7) is 0.0593. The maximum absolute atomic E-state index is 12.6. The van der Waals surface area contributed by atoms with E-state index in [1.807, 2.05) is 6.07 Å². The number of nitrogens with one attached hydrogen (secondary N) is 1. The van der Waals surface area contributed by atoms with Gasteiger partial charge in [-0.2, -0.15) is 13.2 Å². The molecule has 0 spiro atoms. The number of benzene rings is 1. The van der Waals surface area contributed by atoms with Gasteiger partial charge in [-0.05, 0) is 30.3 Å². The number of imidazole rings is 1. The van der Waals surface area contributed by atoms with Gasteiger partial charge in [0.1, 0.15) is 34.8 Å². The van der Waals surface area contributed by atoms with Crippen LogP contribution in [0.3, 0.4) is 0 Å². The largest absolute Gasteiger partial charge is 0.496 e. The fourth-order valence-electron chi connectivity index (χ4n) is 2.94. The van der Waals surface area contributed by atoms with Crippen molar-refractivity contribution in [2.24, 2.45) is 0 Å². The lowest BCUT2D eigenvalue weighted by atomic mass is 10.1. The van der Waals surface area contributed by atoms with Crippen molar-refractivity contribution in [1.29, 1.82) is 0 Å². The van der Waals surface area contributed by atoms with Gasteiger partial charge < -0.3 is 14.5 Å². The monoisotopic (exact) mass is 460 g/mol. The first kappa shape index (κ1) is 21.6. The Labute approximate surface area is 186 Å². The Morgan fingerprint density at radius 1 is 1.03 bits per heavy atom. The van der Waals surface area contributed by atoms with Crippen molar-refractivity contribution in [1.82, 2.24) is 19.9 Å². The molecule has 0 unspecified atom stereocenters. The molecule has 0 bridgehead atoms. The number of hydrogen-bond donors (Lipinski definition) is 1. The fraction of sp³-hybridized carbons (Fsp3) is 0.136. The molecule has 0 amide bonds. The van der Waals surface area contributed by atoms with Crippen LogP contribution in [0.4, 0.5) is 13.2 Å². The van der Waals surface area contributed by atoms with Crippen LogP contribution in [0.2, 0.25) is 5.15 Å². The summed E-state index contributed by atoms with van der Waals surface area (Å²) in [4.78, 5) is 15.2. The van der Waals surface area contributed by atoms with Crippen molar-refractivity contribution in [3.05, 3.63) is 77.5 Å². The molecule has 0 aliphatic rings. The molecule has 0 radical (unpaired) electrons. The fourth-order valence-corrected chi connectivity index (χ4v) is 3.05. The van der Waals surface area contributed by atoms with E-state index in [9.17, 15) is 13.2 Å². The van der Waals surface area contributed by atoms with Gasteiger partial charge >= 0.3 is 6.18 Å². The average Bonchev–Trinajstić information content (AvgIpc) is 3.27. The number of aromatic amines is 1. The van der Waals surface area contributed by atoms with Crippen molar-refractivity contribution in [3.8, 4) is 34.1 Å². The van der Waals surface area contributed by atoms with Crippen LogP contribution in [0.1, 0.15) is 11.3 Å². The van der Waals surface area contributed by atoms with E-state index in [1.54, 1.807) is 36.7 Å². The first-order valence-electron chi connectivity index (χ1n) is 9.34. The molecule has 4 aromatic rings. The number of nitrogens with zero attached hydrogens (tertiary/aromatic N) is 3. The van der Waals surface area contributed by atoms with E-state index < -0.39 is 11.9 Å². The minimum atomic E-state index is -4.47. The van der Waals surface area contributed by atoms with Crippen LogP contribution in [-0.2, 0) is 12.8 Å². The summed E-state index contributed by atoms with van der Waals surface area (Å²) < 4.78 is 49.0. The smallest absolute Gasteiger partial charge is 0.433 e. The number of alkyl halides is 3. The Kier molecular flexibility index (Phi) is 6.00. The summed E-state index contributed by atoms with van der Waals surface area (Å²) in [5.41, 5.74) is 1.74. The maximum atomic E-state index is 12.6. The summed E-state index contributed by atoms with van der Waals surface area (Å²) in [5.74, 6) is 1.64. The van der Waals surface area contributed by atoms with E-state index in [0.29, 0.717) is 33.7 Å². The van der Waals surface area contributed by atoms with Gasteiger partial charge in [-0.25, -0.2) is 9.97 Å². The Bertz CT molecular complexity index is 1210. The molecule has 0 fully saturated rings. The molecule has 32 heavy (non-hydrogen) atoms. The Morgan fingerprint density at radius 2 is 1.88 bits per heavy atom. The van der Waals surface area contributed by atoms with E-state index >= 15 is 0 Å². The number of halogens is 4. The zero-order valence-electron chi connectivity index (χ0n) is 16.7. The van der Waals surface area contributed by atoms with E-state index in [1.165, 1.54) is 13.2 Å². The molecular weight excluding hydrogens is 445 g/mol. The first-order chi connectivity index (χ1) is 15.3. The predicted molar refractivity (Wildman–Crippen MR) is 112 cm³/mol. The topological polar surface area (TPSA) is 72.9 Å². The van der Waals surface area contributed by atoms with E-state index in [4.69, 9.17) is 21.1 Å². The van der Waals surface area contributed by atoms with Crippen molar-refractivity contribution < 1.29 is 22.6 Å². The van der Waals surface area contributed by atoms with Gasteiger partial charge in [-0.3, -0.25) is 4.98 Å². The van der Waals surface area contributed by atoms with Crippen molar-refractivity contribution in [2.45, 2.75) is 12.8 Å². The highest BCUT2D eigenvalue weighted by atomic mass is 35.5. The number of pyridine rings is 2. The third-order valence-electron chi connectivity index (χ3n) is 4.55. The lowest BCUT2D eigenvalue weighted by molar-refractivity contribution is -0.141. The second-order valence-corrected chi connectivity index (χ2v) is 7.09. The standard InChI is InChI=1S/C22H16ClF3N4O2/c1-31-18-8-15(32-12-13-2-6-19(27-9-13)22(24,25)26)4-5-16(18)17-11-29-21(30-17)14-3-7-20(23)28-10-14/h2-11H,12H2,1H3,(H,29,30). The third-order valence-corrected chi connectivity index (χ3v) is 4.77. The molecule has 3 aromatic heterocycles. The molecule has 10 heteroatoms. The molecule has 4 rings (SSSR count). The van der Waals surface area contributed by atoms with Gasteiger partial charge in [0.2, 0.25) is 0 Å². The first-order valence-corrected chi connectivity index (χ1v) is 9.72. The number of ether oxygens (including phenoxy) is 2. The van der Waals surface area contributed by atoms with Crippen LogP contribution in [0.5, 0.6) is 11.5 Å². The van der Waals surface area contributed by atoms with Gasteiger partial charge in [-0.15, -0.1) is 0 Å². The van der Waals surface area contributed by atoms with Crippen molar-refractivity contribution in [3.63, 3.8) is 0 Å². The second kappa shape index (κ2) is 8.88. The lowest BCUT2D eigenvalue weighted by Gasteiger charge is -2.11. The molecule has 1 aromatic carbocycles. The molecular formula is C22H16ClF3N4O2. The highest BCUT2D eigenvalue weighted by molar-refractivity contribution is 6.29. The molecule has 0 saturated carbocycles. The lowest BCUT2D eigenvalue weighted by Crippen LogP contribution is -2.08. The summed E-state index contributed by atoms with van der Waals surface area (Å²) in [5, 5.41) is 0.393. The summed E-state index contributed by atoms with van der Waals surface area (Å²) in [6, 6.07) is 10.9. The van der Waals surface area contributed by atoms with Gasteiger partial charge in [-0.1, -0.05) is 17.7 Å². The molecule has 0 atom stereocenters. The van der Waals surface area contributed by atoms with Crippen LogP contribution < -0.4 is 9.47 Å². The predicted octanol–water partition coefficient (Wildman–Crippen LogP) is 5.79. The number of aromatic nitrogens is 4.